The quantitative estimate of drug-likeness (QED) is 0.491. The highest BCUT2D eigenvalue weighted by molar-refractivity contribution is 5.95. The van der Waals surface area contributed by atoms with Crippen LogP contribution in [0.3, 0.4) is 0 Å². The number of aldehydes is 1. The summed E-state index contributed by atoms with van der Waals surface area (Å²) in [5, 5.41) is 2.86. The molecule has 0 saturated heterocycles. The van der Waals surface area contributed by atoms with E-state index in [0.29, 0.717) is 29.1 Å². The number of alkyl halides is 3. The first kappa shape index (κ1) is 26.8. The molecule has 7 nitrogen and oxygen atoms in total. The Labute approximate surface area is 183 Å². The van der Waals surface area contributed by atoms with Gasteiger partial charge < -0.3 is 19.7 Å². The first-order valence-corrected chi connectivity index (χ1v) is 9.65. The molecule has 0 saturated carbocycles. The van der Waals surface area contributed by atoms with Crippen LogP contribution in [0, 0.1) is 12.7 Å². The number of nitrogens with one attached hydrogen (secondary N) is 1. The third-order valence-corrected chi connectivity index (χ3v) is 4.21. The smallest absolute Gasteiger partial charge is 0.422 e. The summed E-state index contributed by atoms with van der Waals surface area (Å²) in [6.45, 7) is 3.57. The van der Waals surface area contributed by atoms with Crippen LogP contribution in [-0.4, -0.2) is 53.9 Å². The zero-order valence-electron chi connectivity index (χ0n) is 18.5. The average molecular weight is 458 g/mol. The van der Waals surface area contributed by atoms with Crippen LogP contribution in [0.25, 0.3) is 0 Å². The molecule has 32 heavy (non-hydrogen) atoms. The SMILES string of the molecule is CCC=O.CNc1cc(C(=O)N(C)C(C)c2cnc(OCC(F)(F)F)c(F)c2)cc(C)n1. The molecule has 11 heteroatoms. The maximum absolute atomic E-state index is 14.0. The Morgan fingerprint density at radius 1 is 1.31 bits per heavy atom. The van der Waals surface area contributed by atoms with Crippen LogP contribution in [0.5, 0.6) is 5.88 Å². The number of amides is 1. The molecular weight excluding hydrogens is 432 g/mol. The second-order valence-electron chi connectivity index (χ2n) is 6.76. The first-order chi connectivity index (χ1) is 14.9. The summed E-state index contributed by atoms with van der Waals surface area (Å²) in [6.07, 6.45) is -1.90. The Balaban J connectivity index is 0.00000118. The van der Waals surface area contributed by atoms with Gasteiger partial charge in [-0.15, -0.1) is 0 Å². The molecule has 1 atom stereocenters. The molecule has 0 aliphatic rings. The number of nitrogens with zero attached hydrogens (tertiary/aromatic N) is 3. The summed E-state index contributed by atoms with van der Waals surface area (Å²) < 4.78 is 55.0. The molecule has 0 fully saturated rings. The minimum atomic E-state index is -4.60. The third-order valence-electron chi connectivity index (χ3n) is 4.21. The van der Waals surface area contributed by atoms with Crippen LogP contribution in [0.4, 0.5) is 23.4 Å². The van der Waals surface area contributed by atoms with Crippen LogP contribution < -0.4 is 10.1 Å². The van der Waals surface area contributed by atoms with Crippen molar-refractivity contribution in [2.24, 2.45) is 0 Å². The maximum atomic E-state index is 14.0. The Hall–Kier alpha value is -3.24. The number of anilines is 1. The van der Waals surface area contributed by atoms with E-state index in [4.69, 9.17) is 0 Å². The Bertz CT molecular complexity index is 922. The van der Waals surface area contributed by atoms with Crippen LogP contribution >= 0.6 is 0 Å². The molecule has 1 unspecified atom stereocenters. The number of ether oxygens (including phenoxy) is 1. The molecule has 0 bridgehead atoms. The molecule has 0 radical (unpaired) electrons. The van der Waals surface area contributed by atoms with Gasteiger partial charge in [-0.1, -0.05) is 6.92 Å². The van der Waals surface area contributed by atoms with Gasteiger partial charge in [-0.05, 0) is 37.6 Å². The van der Waals surface area contributed by atoms with Crippen molar-refractivity contribution < 1.29 is 31.9 Å². The second kappa shape index (κ2) is 12.0. The van der Waals surface area contributed by atoms with Crippen molar-refractivity contribution in [3.63, 3.8) is 0 Å². The van der Waals surface area contributed by atoms with Gasteiger partial charge in [-0.2, -0.15) is 13.2 Å². The second-order valence-corrected chi connectivity index (χ2v) is 6.76. The van der Waals surface area contributed by atoms with Gasteiger partial charge in [0.05, 0.1) is 6.04 Å². The normalized spacial score (nSPS) is 11.7. The van der Waals surface area contributed by atoms with Gasteiger partial charge in [0, 0.05) is 38.0 Å². The number of aryl methyl sites for hydroxylation is 1. The zero-order valence-corrected chi connectivity index (χ0v) is 18.5. The summed E-state index contributed by atoms with van der Waals surface area (Å²) in [5.41, 5.74) is 1.35. The maximum Gasteiger partial charge on any atom is 0.422 e. The Morgan fingerprint density at radius 3 is 2.44 bits per heavy atom. The summed E-state index contributed by atoms with van der Waals surface area (Å²) in [4.78, 5) is 31.1. The fraction of sp³-hybridized carbons (Fsp3) is 0.429. The van der Waals surface area contributed by atoms with E-state index in [1.165, 1.54) is 18.1 Å². The highest BCUT2D eigenvalue weighted by atomic mass is 19.4. The number of carbonyl (C=O) groups excluding carboxylic acids is 2. The lowest BCUT2D eigenvalue weighted by atomic mass is 10.1. The lowest BCUT2D eigenvalue weighted by Gasteiger charge is -2.25. The predicted molar refractivity (Wildman–Crippen MR) is 111 cm³/mol. The van der Waals surface area contributed by atoms with E-state index in [-0.39, 0.29) is 5.91 Å². The van der Waals surface area contributed by atoms with E-state index < -0.39 is 30.5 Å². The van der Waals surface area contributed by atoms with Gasteiger partial charge in [0.25, 0.3) is 11.8 Å². The molecule has 0 aliphatic heterocycles. The molecule has 176 valence electrons. The van der Waals surface area contributed by atoms with Gasteiger partial charge in [-0.25, -0.2) is 14.4 Å². The first-order valence-electron chi connectivity index (χ1n) is 9.65. The molecule has 2 aromatic heterocycles. The fourth-order valence-corrected chi connectivity index (χ4v) is 2.45. The zero-order chi connectivity index (χ0) is 24.5. The van der Waals surface area contributed by atoms with Gasteiger partial charge in [0.15, 0.2) is 12.4 Å². The minimum absolute atomic E-state index is 0.312. The molecule has 0 aliphatic carbocycles. The highest BCUT2D eigenvalue weighted by Gasteiger charge is 2.29. The van der Waals surface area contributed by atoms with Crippen molar-refractivity contribution in [3.05, 3.63) is 47.0 Å². The molecule has 2 rings (SSSR count). The Morgan fingerprint density at radius 2 is 1.94 bits per heavy atom. The summed E-state index contributed by atoms with van der Waals surface area (Å²) in [5.74, 6) is -1.58. The monoisotopic (exact) mass is 458 g/mol. The van der Waals surface area contributed by atoms with E-state index in [2.05, 4.69) is 20.0 Å². The summed E-state index contributed by atoms with van der Waals surface area (Å²) >= 11 is 0. The van der Waals surface area contributed by atoms with Crippen molar-refractivity contribution >= 4 is 18.0 Å². The van der Waals surface area contributed by atoms with E-state index in [0.717, 1.165) is 12.4 Å². The van der Waals surface area contributed by atoms with Crippen LogP contribution in [0.15, 0.2) is 24.4 Å². The standard InChI is InChI=1S/C18H20F4N4O2.C3H6O/c1-10-5-12(7-15(23-3)25-10)17(27)26(4)11(2)13-6-14(19)16(24-8-13)28-9-18(20,21)22;1-2-3-4/h5-8,11H,9H2,1-4H3,(H,23,25);3H,2H2,1H3. The van der Waals surface area contributed by atoms with E-state index in [9.17, 15) is 27.2 Å². The van der Waals surface area contributed by atoms with Gasteiger partial charge in [0.1, 0.15) is 12.1 Å². The molecule has 0 spiro atoms. The number of aromatic nitrogens is 2. The average Bonchev–Trinajstić information content (AvgIpc) is 2.75. The molecular formula is C21H26F4N4O3. The number of rotatable bonds is 7. The highest BCUT2D eigenvalue weighted by Crippen LogP contribution is 2.25. The number of pyridine rings is 2. The summed E-state index contributed by atoms with van der Waals surface area (Å²) in [7, 11) is 3.22. The Kier molecular flexibility index (Phi) is 10.0. The number of hydrogen-bond acceptors (Lipinski definition) is 6. The topological polar surface area (TPSA) is 84.4 Å². The van der Waals surface area contributed by atoms with Gasteiger partial charge in [-0.3, -0.25) is 4.79 Å². The molecule has 1 N–H and O–H groups in total. The van der Waals surface area contributed by atoms with Crippen molar-refractivity contribution in [2.45, 2.75) is 39.4 Å². The van der Waals surface area contributed by atoms with Crippen LogP contribution in [-0.2, 0) is 4.79 Å². The molecule has 0 aromatic carbocycles. The molecule has 2 aromatic rings. The van der Waals surface area contributed by atoms with E-state index >= 15 is 0 Å². The lowest BCUT2D eigenvalue weighted by Crippen LogP contribution is -2.30. The fourth-order valence-electron chi connectivity index (χ4n) is 2.45. The van der Waals surface area contributed by atoms with Gasteiger partial charge in [0.2, 0.25) is 0 Å². The van der Waals surface area contributed by atoms with Crippen molar-refractivity contribution in [1.29, 1.82) is 0 Å². The minimum Gasteiger partial charge on any atom is -0.466 e. The predicted octanol–water partition coefficient (Wildman–Crippen LogP) is 4.34. The number of carbonyl (C=O) groups is 2. The van der Waals surface area contributed by atoms with Gasteiger partial charge >= 0.3 is 6.18 Å². The summed E-state index contributed by atoms with van der Waals surface area (Å²) in [6, 6.07) is 3.63. The molecule has 1 amide bonds. The van der Waals surface area contributed by atoms with E-state index in [1.54, 1.807) is 33.0 Å². The van der Waals surface area contributed by atoms with Crippen LogP contribution in [0.2, 0.25) is 0 Å². The largest absolute Gasteiger partial charge is 0.466 e. The van der Waals surface area contributed by atoms with Crippen LogP contribution in [0.1, 0.15) is 47.9 Å². The molecule has 2 heterocycles. The van der Waals surface area contributed by atoms with Crippen molar-refractivity contribution in [1.82, 2.24) is 14.9 Å². The van der Waals surface area contributed by atoms with E-state index in [1.807, 2.05) is 6.92 Å². The lowest BCUT2D eigenvalue weighted by molar-refractivity contribution is -0.154. The third kappa shape index (κ3) is 8.12. The number of halogens is 4. The van der Waals surface area contributed by atoms with Crippen molar-refractivity contribution in [3.8, 4) is 5.88 Å². The number of hydrogen-bond donors (Lipinski definition) is 1. The van der Waals surface area contributed by atoms with Crippen molar-refractivity contribution in [2.75, 3.05) is 26.0 Å².